The largest absolute Gasteiger partial charge is 0.510 e. The molecule has 3 aliphatic carbocycles. The van der Waals surface area contributed by atoms with Crippen LogP contribution < -0.4 is 16.0 Å². The Labute approximate surface area is 227 Å². The van der Waals surface area contributed by atoms with Crippen LogP contribution in [-0.2, 0) is 22.6 Å². The van der Waals surface area contributed by atoms with Crippen molar-refractivity contribution in [2.75, 3.05) is 39.6 Å². The number of amides is 1. The second-order valence-electron chi connectivity index (χ2n) is 11.6. The minimum absolute atomic E-state index is 0.0170. The molecule has 1 aromatic rings. The predicted octanol–water partition coefficient (Wildman–Crippen LogP) is 0.932. The number of ketones is 2. The highest BCUT2D eigenvalue weighted by molar-refractivity contribution is 6.24. The number of hydrogen-bond acceptors (Lipinski definition) is 10. The van der Waals surface area contributed by atoms with Crippen molar-refractivity contribution in [3.63, 3.8) is 0 Å². The summed E-state index contributed by atoms with van der Waals surface area (Å²) in [6.07, 6.45) is 0.298. The summed E-state index contributed by atoms with van der Waals surface area (Å²) in [7, 11) is 6.87. The highest BCUT2D eigenvalue weighted by atomic mass is 16.3. The van der Waals surface area contributed by atoms with E-state index in [0.29, 0.717) is 30.1 Å². The molecule has 1 amide bonds. The predicted molar refractivity (Wildman–Crippen MR) is 145 cm³/mol. The summed E-state index contributed by atoms with van der Waals surface area (Å²) in [5.74, 6) is -6.15. The lowest BCUT2D eigenvalue weighted by atomic mass is 9.58. The number of aliphatic hydroxyl groups is 3. The van der Waals surface area contributed by atoms with Gasteiger partial charge < -0.3 is 36.4 Å². The van der Waals surface area contributed by atoms with Crippen LogP contribution in [0.15, 0.2) is 28.7 Å². The van der Waals surface area contributed by atoms with Crippen molar-refractivity contribution >= 4 is 23.2 Å². The number of carbonyl (C=O) groups is 3. The van der Waals surface area contributed by atoms with Crippen molar-refractivity contribution in [2.45, 2.75) is 44.9 Å². The first-order valence-corrected chi connectivity index (χ1v) is 13.0. The number of likely N-dealkylation sites (N-methyl/N-ethyl adjacent to an activating group) is 1. The molecule has 0 saturated carbocycles. The number of nitrogens with zero attached hydrogens (tertiary/aromatic N) is 2. The van der Waals surface area contributed by atoms with Crippen LogP contribution in [0, 0.1) is 17.8 Å². The van der Waals surface area contributed by atoms with Crippen molar-refractivity contribution in [1.29, 1.82) is 0 Å². The highest BCUT2D eigenvalue weighted by Gasteiger charge is 2.63. The standard InChI is InChI=1S/C28H38N4O7/c1-12(2)10-30-11-14-9-17(31(3)4)15-7-13-8-16-21(32(5)6)24(35)20(27(29)38)26(37)28(16,39)25(36)18(13)23(34)19(15)22(14)33/h9,12-13,16,21,30,33,35-36,39H,7-8,10-11H2,1-6H3,(H2,29,38)/t13-,16-,21?,28-/m0/s1. The Bertz CT molecular complexity index is 1310. The van der Waals surface area contributed by atoms with E-state index in [1.807, 2.05) is 25.1 Å². The van der Waals surface area contributed by atoms with E-state index in [2.05, 4.69) is 19.2 Å². The molecule has 0 fully saturated rings. The van der Waals surface area contributed by atoms with E-state index >= 15 is 0 Å². The molecule has 4 rings (SSSR count). The molecule has 3 aliphatic rings. The average molecular weight is 543 g/mol. The molecule has 0 radical (unpaired) electrons. The number of aromatic hydroxyl groups is 1. The number of phenols is 1. The summed E-state index contributed by atoms with van der Waals surface area (Å²) in [4.78, 5) is 42.9. The third-order valence-corrected chi connectivity index (χ3v) is 8.13. The van der Waals surface area contributed by atoms with E-state index in [4.69, 9.17) is 5.73 Å². The number of aliphatic hydroxyl groups excluding tert-OH is 2. The number of phenolic OH excluding ortho intramolecular Hbond substituents is 1. The van der Waals surface area contributed by atoms with Gasteiger partial charge in [-0.1, -0.05) is 13.8 Å². The number of fused-ring (bicyclic) bond motifs is 3. The number of nitrogens with two attached hydrogens (primary N) is 1. The molecular weight excluding hydrogens is 504 g/mol. The smallest absolute Gasteiger partial charge is 0.255 e. The van der Waals surface area contributed by atoms with Crippen LogP contribution >= 0.6 is 0 Å². The summed E-state index contributed by atoms with van der Waals surface area (Å²) >= 11 is 0. The SMILES string of the molecule is CC(C)CNCc1cc(N(C)C)c2c(c1O)C(=O)C1=C(O)[C@]3(O)C(=O)C(C(N)=O)=C(O)C(N(C)C)[C@@H]3C[C@@H]1C2. The van der Waals surface area contributed by atoms with Crippen LogP contribution in [0.2, 0.25) is 0 Å². The number of primary amides is 1. The summed E-state index contributed by atoms with van der Waals surface area (Å²) in [5.41, 5.74) is 3.60. The molecule has 4 atom stereocenters. The lowest BCUT2D eigenvalue weighted by Gasteiger charge is -2.50. The van der Waals surface area contributed by atoms with Gasteiger partial charge in [0, 0.05) is 43.4 Å². The van der Waals surface area contributed by atoms with Crippen molar-refractivity contribution in [2.24, 2.45) is 23.5 Å². The molecular formula is C28H38N4O7. The van der Waals surface area contributed by atoms with E-state index in [0.717, 1.165) is 5.69 Å². The number of nitrogens with one attached hydrogen (secondary N) is 1. The maximum absolute atomic E-state index is 14.0. The van der Waals surface area contributed by atoms with E-state index < -0.39 is 58.0 Å². The number of allylic oxidation sites excluding steroid dienone is 1. The molecule has 39 heavy (non-hydrogen) atoms. The molecule has 11 heteroatoms. The van der Waals surface area contributed by atoms with Crippen LogP contribution in [0.1, 0.15) is 41.8 Å². The van der Waals surface area contributed by atoms with Crippen molar-refractivity contribution in [3.05, 3.63) is 45.4 Å². The van der Waals surface area contributed by atoms with Crippen LogP contribution in [0.25, 0.3) is 0 Å². The van der Waals surface area contributed by atoms with Crippen LogP contribution in [0.4, 0.5) is 5.69 Å². The van der Waals surface area contributed by atoms with Gasteiger partial charge in [-0.15, -0.1) is 0 Å². The maximum Gasteiger partial charge on any atom is 0.255 e. The fourth-order valence-corrected chi connectivity index (χ4v) is 6.38. The Balaban J connectivity index is 1.91. The third kappa shape index (κ3) is 4.29. The first kappa shape index (κ1) is 28.6. The number of rotatable bonds is 7. The molecule has 0 aromatic heterocycles. The van der Waals surface area contributed by atoms with E-state index in [1.54, 1.807) is 14.1 Å². The lowest BCUT2D eigenvalue weighted by Crippen LogP contribution is -2.63. The van der Waals surface area contributed by atoms with Gasteiger partial charge in [-0.3, -0.25) is 19.3 Å². The quantitative estimate of drug-likeness (QED) is 0.272. The number of hydrogen-bond donors (Lipinski definition) is 6. The van der Waals surface area contributed by atoms with Crippen LogP contribution in [-0.4, -0.2) is 89.2 Å². The van der Waals surface area contributed by atoms with E-state index in [-0.39, 0.29) is 29.7 Å². The summed E-state index contributed by atoms with van der Waals surface area (Å²) in [6.45, 7) is 5.11. The molecule has 1 aromatic carbocycles. The lowest BCUT2D eigenvalue weighted by molar-refractivity contribution is -0.148. The van der Waals surface area contributed by atoms with Gasteiger partial charge in [-0.2, -0.15) is 0 Å². The van der Waals surface area contributed by atoms with Crippen LogP contribution in [0.3, 0.4) is 0 Å². The van der Waals surface area contributed by atoms with Gasteiger partial charge in [-0.25, -0.2) is 0 Å². The molecule has 212 valence electrons. The van der Waals surface area contributed by atoms with E-state index in [9.17, 15) is 34.8 Å². The minimum Gasteiger partial charge on any atom is -0.510 e. The van der Waals surface area contributed by atoms with Gasteiger partial charge in [-0.05, 0) is 56.9 Å². The number of anilines is 1. The monoisotopic (exact) mass is 542 g/mol. The average Bonchev–Trinajstić information content (AvgIpc) is 2.81. The Morgan fingerprint density at radius 2 is 1.82 bits per heavy atom. The molecule has 0 spiro atoms. The number of Topliss-reactive ketones (excluding diaryl/α,β-unsaturated/α-hetero) is 2. The third-order valence-electron chi connectivity index (χ3n) is 8.13. The first-order chi connectivity index (χ1) is 18.1. The molecule has 7 N–H and O–H groups in total. The van der Waals surface area contributed by atoms with Crippen molar-refractivity contribution in [1.82, 2.24) is 10.2 Å². The van der Waals surface area contributed by atoms with Crippen molar-refractivity contribution in [3.8, 4) is 5.75 Å². The summed E-state index contributed by atoms with van der Waals surface area (Å²) in [6, 6.07) is 0.815. The fourth-order valence-electron chi connectivity index (χ4n) is 6.38. The van der Waals surface area contributed by atoms with E-state index in [1.165, 1.54) is 4.90 Å². The van der Waals surface area contributed by atoms with Gasteiger partial charge in [0.05, 0.1) is 11.6 Å². The molecule has 0 bridgehead atoms. The number of carbonyl (C=O) groups excluding carboxylic acids is 3. The van der Waals surface area contributed by atoms with Gasteiger partial charge in [0.1, 0.15) is 22.8 Å². The zero-order valence-electron chi connectivity index (χ0n) is 23.2. The maximum atomic E-state index is 14.0. The second-order valence-corrected chi connectivity index (χ2v) is 11.6. The summed E-state index contributed by atoms with van der Waals surface area (Å²) in [5, 5.41) is 48.6. The zero-order chi connectivity index (χ0) is 29.1. The molecule has 1 unspecified atom stereocenters. The topological polar surface area (TPSA) is 177 Å². The van der Waals surface area contributed by atoms with Gasteiger partial charge in [0.15, 0.2) is 11.4 Å². The highest BCUT2D eigenvalue weighted by Crippen LogP contribution is 2.53. The molecule has 0 aliphatic heterocycles. The van der Waals surface area contributed by atoms with Crippen LogP contribution in [0.5, 0.6) is 5.75 Å². The molecule has 11 nitrogen and oxygen atoms in total. The zero-order valence-corrected chi connectivity index (χ0v) is 23.2. The molecule has 0 heterocycles. The Kier molecular flexibility index (Phi) is 7.30. The van der Waals surface area contributed by atoms with Gasteiger partial charge in [0.25, 0.3) is 5.91 Å². The Hall–Kier alpha value is -3.41. The summed E-state index contributed by atoms with van der Waals surface area (Å²) < 4.78 is 0. The van der Waals surface area contributed by atoms with Gasteiger partial charge in [0.2, 0.25) is 5.78 Å². The van der Waals surface area contributed by atoms with Crippen molar-refractivity contribution < 1.29 is 34.8 Å². The first-order valence-electron chi connectivity index (χ1n) is 13.0. The van der Waals surface area contributed by atoms with Gasteiger partial charge >= 0.3 is 0 Å². The number of benzene rings is 1. The fraction of sp³-hybridized carbons (Fsp3) is 0.536. The normalized spacial score (nSPS) is 26.6. The Morgan fingerprint density at radius 1 is 1.18 bits per heavy atom. The Morgan fingerprint density at radius 3 is 2.36 bits per heavy atom. The second kappa shape index (κ2) is 9.96. The molecule has 0 saturated heterocycles. The minimum atomic E-state index is -2.65.